The number of halogens is 5. The Kier molecular flexibility index (Phi) is 7.04. The van der Waals surface area contributed by atoms with Crippen LogP contribution >= 0.6 is 11.6 Å². The van der Waals surface area contributed by atoms with Gasteiger partial charge in [0.25, 0.3) is 5.91 Å². The number of carbonyl (C=O) groups excluding carboxylic acids is 2. The smallest absolute Gasteiger partial charge is 0.422 e. The highest BCUT2D eigenvalue weighted by atomic mass is 35.5. The Labute approximate surface area is 180 Å². The van der Waals surface area contributed by atoms with E-state index < -0.39 is 30.4 Å². The average molecular weight is 459 g/mol. The molecule has 10 heteroatoms. The number of alkyl halides is 3. The van der Waals surface area contributed by atoms with Crippen LogP contribution in [-0.4, -0.2) is 42.6 Å². The van der Waals surface area contributed by atoms with Gasteiger partial charge in [0.1, 0.15) is 11.6 Å². The van der Waals surface area contributed by atoms with E-state index in [0.29, 0.717) is 31.5 Å². The number of nitrogens with one attached hydrogen (secondary N) is 1. The molecule has 2 amide bonds. The second kappa shape index (κ2) is 9.55. The lowest BCUT2D eigenvalue weighted by Crippen LogP contribution is -2.41. The lowest BCUT2D eigenvalue weighted by molar-refractivity contribution is -0.153. The molecule has 1 saturated heterocycles. The summed E-state index contributed by atoms with van der Waals surface area (Å²) in [7, 11) is 0. The molecule has 2 aromatic rings. The van der Waals surface area contributed by atoms with Crippen LogP contribution in [0.15, 0.2) is 42.5 Å². The molecule has 2 aromatic carbocycles. The minimum absolute atomic E-state index is 0.0477. The summed E-state index contributed by atoms with van der Waals surface area (Å²) >= 11 is 5.90. The molecule has 1 N–H and O–H groups in total. The van der Waals surface area contributed by atoms with Crippen LogP contribution in [0.4, 0.5) is 23.2 Å². The minimum atomic E-state index is -4.52. The minimum Gasteiger partial charge on any atom is -0.482 e. The van der Waals surface area contributed by atoms with Crippen LogP contribution in [0.2, 0.25) is 5.02 Å². The quantitative estimate of drug-likeness (QED) is 0.648. The number of hydrogen-bond donors (Lipinski definition) is 1. The number of amides is 2. The summed E-state index contributed by atoms with van der Waals surface area (Å²) in [6.45, 7) is -0.857. The van der Waals surface area contributed by atoms with E-state index in [1.54, 1.807) is 4.90 Å². The van der Waals surface area contributed by atoms with Crippen LogP contribution in [-0.2, 0) is 4.79 Å². The number of rotatable bonds is 5. The first kappa shape index (κ1) is 22.9. The zero-order valence-corrected chi connectivity index (χ0v) is 17.0. The zero-order valence-electron chi connectivity index (χ0n) is 16.2. The molecule has 0 aromatic heterocycles. The molecule has 1 aliphatic rings. The second-order valence-electron chi connectivity index (χ2n) is 7.11. The summed E-state index contributed by atoms with van der Waals surface area (Å²) in [5.74, 6) is -1.67. The van der Waals surface area contributed by atoms with Gasteiger partial charge in [-0.05, 0) is 55.3 Å². The summed E-state index contributed by atoms with van der Waals surface area (Å²) in [5, 5.41) is 2.81. The van der Waals surface area contributed by atoms with Crippen molar-refractivity contribution in [2.45, 2.75) is 19.0 Å². The van der Waals surface area contributed by atoms with Crippen LogP contribution in [0.3, 0.4) is 0 Å². The molecule has 0 bridgehead atoms. The molecule has 1 aliphatic heterocycles. The van der Waals surface area contributed by atoms with Crippen molar-refractivity contribution in [1.29, 1.82) is 0 Å². The number of nitrogens with zero attached hydrogens (tertiary/aromatic N) is 1. The molecule has 3 rings (SSSR count). The van der Waals surface area contributed by atoms with Gasteiger partial charge in [-0.3, -0.25) is 9.59 Å². The van der Waals surface area contributed by atoms with Crippen molar-refractivity contribution >= 4 is 29.1 Å². The second-order valence-corrected chi connectivity index (χ2v) is 7.54. The first-order chi connectivity index (χ1) is 14.6. The van der Waals surface area contributed by atoms with Gasteiger partial charge in [-0.1, -0.05) is 11.6 Å². The highest BCUT2D eigenvalue weighted by molar-refractivity contribution is 6.31. The summed E-state index contributed by atoms with van der Waals surface area (Å²) in [4.78, 5) is 26.7. The van der Waals surface area contributed by atoms with E-state index >= 15 is 0 Å². The standard InChI is InChI=1S/C21H19ClF4N2O3/c22-15-3-6-18(31-12-21(24,25)26)17(11-15)27-19(29)13-7-9-28(10-8-13)20(30)14-1-4-16(23)5-2-14/h1-6,11,13H,7-10,12H2,(H,27,29). The molecule has 31 heavy (non-hydrogen) atoms. The molecule has 1 heterocycles. The summed E-state index contributed by atoms with van der Waals surface area (Å²) in [5.41, 5.74) is 0.404. The first-order valence-corrected chi connectivity index (χ1v) is 9.85. The van der Waals surface area contributed by atoms with Crippen molar-refractivity contribution in [3.63, 3.8) is 0 Å². The maximum Gasteiger partial charge on any atom is 0.422 e. The van der Waals surface area contributed by atoms with Crippen molar-refractivity contribution in [3.8, 4) is 5.75 Å². The average Bonchev–Trinajstić information content (AvgIpc) is 2.72. The molecule has 0 radical (unpaired) electrons. The van der Waals surface area contributed by atoms with Crippen LogP contribution in [0.5, 0.6) is 5.75 Å². The van der Waals surface area contributed by atoms with Gasteiger partial charge in [0, 0.05) is 29.6 Å². The van der Waals surface area contributed by atoms with Gasteiger partial charge < -0.3 is 15.0 Å². The fraction of sp³-hybridized carbons (Fsp3) is 0.333. The van der Waals surface area contributed by atoms with Crippen LogP contribution in [0.25, 0.3) is 0 Å². The summed E-state index contributed by atoms with van der Waals surface area (Å²) in [6, 6.07) is 9.15. The van der Waals surface area contributed by atoms with Crippen LogP contribution in [0.1, 0.15) is 23.2 Å². The van der Waals surface area contributed by atoms with Crippen molar-refractivity contribution in [3.05, 3.63) is 58.9 Å². The zero-order chi connectivity index (χ0) is 22.6. The van der Waals surface area contributed by atoms with Gasteiger partial charge in [-0.25, -0.2) is 4.39 Å². The molecule has 5 nitrogen and oxygen atoms in total. The fourth-order valence-corrected chi connectivity index (χ4v) is 3.41. The van der Waals surface area contributed by atoms with Gasteiger partial charge in [0.15, 0.2) is 6.61 Å². The molecule has 166 valence electrons. The Bertz CT molecular complexity index is 943. The number of ether oxygens (including phenoxy) is 1. The normalized spacial score (nSPS) is 14.9. The number of hydrogen-bond acceptors (Lipinski definition) is 3. The number of carbonyl (C=O) groups is 2. The third-order valence-electron chi connectivity index (χ3n) is 4.83. The van der Waals surface area contributed by atoms with Crippen molar-refractivity contribution in [1.82, 2.24) is 4.90 Å². The Morgan fingerprint density at radius 2 is 1.74 bits per heavy atom. The van der Waals surface area contributed by atoms with Crippen molar-refractivity contribution < 1.29 is 31.9 Å². The first-order valence-electron chi connectivity index (χ1n) is 9.47. The van der Waals surface area contributed by atoms with E-state index in [2.05, 4.69) is 5.32 Å². The predicted molar refractivity (Wildman–Crippen MR) is 107 cm³/mol. The monoisotopic (exact) mass is 458 g/mol. The molecular weight excluding hydrogens is 440 g/mol. The van der Waals surface area contributed by atoms with Crippen molar-refractivity contribution in [2.75, 3.05) is 25.0 Å². The van der Waals surface area contributed by atoms with Crippen LogP contribution in [0, 0.1) is 11.7 Å². The van der Waals surface area contributed by atoms with Gasteiger partial charge in [0.2, 0.25) is 5.91 Å². The van der Waals surface area contributed by atoms with E-state index in [4.69, 9.17) is 16.3 Å². The van der Waals surface area contributed by atoms with Crippen molar-refractivity contribution in [2.24, 2.45) is 5.92 Å². The molecule has 0 spiro atoms. The number of piperidine rings is 1. The Balaban J connectivity index is 1.59. The lowest BCUT2D eigenvalue weighted by Gasteiger charge is -2.31. The van der Waals surface area contributed by atoms with Gasteiger partial charge in [-0.15, -0.1) is 0 Å². The molecule has 0 unspecified atom stereocenters. The van der Waals surface area contributed by atoms with Gasteiger partial charge in [-0.2, -0.15) is 13.2 Å². The summed E-state index contributed by atoms with van der Waals surface area (Å²) in [6.07, 6.45) is -3.78. The molecule has 0 atom stereocenters. The number of benzene rings is 2. The SMILES string of the molecule is O=C(Nc1cc(Cl)ccc1OCC(F)(F)F)C1CCN(C(=O)c2ccc(F)cc2)CC1. The predicted octanol–water partition coefficient (Wildman–Crippen LogP) is 4.91. The topological polar surface area (TPSA) is 58.6 Å². The molecule has 1 fully saturated rings. The largest absolute Gasteiger partial charge is 0.482 e. The highest BCUT2D eigenvalue weighted by Gasteiger charge is 2.30. The lowest BCUT2D eigenvalue weighted by atomic mass is 9.95. The fourth-order valence-electron chi connectivity index (χ4n) is 3.24. The van der Waals surface area contributed by atoms with E-state index in [0.717, 1.165) is 0 Å². The maximum absolute atomic E-state index is 13.0. The highest BCUT2D eigenvalue weighted by Crippen LogP contribution is 2.31. The third-order valence-corrected chi connectivity index (χ3v) is 5.07. The molecule has 0 aliphatic carbocycles. The summed E-state index contributed by atoms with van der Waals surface area (Å²) < 4.78 is 55.2. The Hall–Kier alpha value is -2.81. The molecule has 0 saturated carbocycles. The van der Waals surface area contributed by atoms with E-state index in [1.807, 2.05) is 0 Å². The molecular formula is C21H19ClF4N2O3. The van der Waals surface area contributed by atoms with E-state index in [-0.39, 0.29) is 22.4 Å². The van der Waals surface area contributed by atoms with Gasteiger partial charge in [0.05, 0.1) is 5.69 Å². The van der Waals surface area contributed by atoms with Crippen LogP contribution < -0.4 is 10.1 Å². The number of likely N-dealkylation sites (tertiary alicyclic amines) is 1. The Morgan fingerprint density at radius 1 is 1.10 bits per heavy atom. The van der Waals surface area contributed by atoms with E-state index in [1.165, 1.54) is 42.5 Å². The maximum atomic E-state index is 13.0. The van der Waals surface area contributed by atoms with E-state index in [9.17, 15) is 27.2 Å². The number of anilines is 1. The Morgan fingerprint density at radius 3 is 2.35 bits per heavy atom. The van der Waals surface area contributed by atoms with Gasteiger partial charge >= 0.3 is 6.18 Å². The third kappa shape index (κ3) is 6.33.